The molecule has 90 valence electrons. The minimum atomic E-state index is 0.642. The molecule has 1 unspecified atom stereocenters. The Kier molecular flexibility index (Phi) is 6.14. The lowest BCUT2D eigenvalue weighted by molar-refractivity contribution is -0.725. The molecule has 0 N–H and O–H groups in total. The van der Waals surface area contributed by atoms with Crippen molar-refractivity contribution in [3.05, 3.63) is 30.1 Å². The molecule has 0 bridgehead atoms. The molecule has 0 fully saturated rings. The molecule has 1 nitrogen and oxygen atoms in total. The molecule has 0 aliphatic carbocycles. The van der Waals surface area contributed by atoms with E-state index in [-0.39, 0.29) is 0 Å². The Hall–Kier alpha value is -0.850. The monoisotopic (exact) mass is 220 g/mol. The molecule has 0 aromatic carbocycles. The van der Waals surface area contributed by atoms with Gasteiger partial charge in [-0.3, -0.25) is 0 Å². The molecule has 1 rings (SSSR count). The van der Waals surface area contributed by atoms with Gasteiger partial charge in [0.05, 0.1) is 0 Å². The molecule has 1 heterocycles. The molecule has 0 amide bonds. The standard InChI is InChI=1S/C15H26N/c1-4-5-6-7-8-11-14(2)16-13-10-9-12-15(16)3/h9-10,12-14H,4-8,11H2,1-3H3/q+1. The highest BCUT2D eigenvalue weighted by molar-refractivity contribution is 4.94. The Morgan fingerprint density at radius 3 is 2.56 bits per heavy atom. The van der Waals surface area contributed by atoms with E-state index in [0.717, 1.165) is 0 Å². The van der Waals surface area contributed by atoms with Gasteiger partial charge < -0.3 is 0 Å². The van der Waals surface area contributed by atoms with Gasteiger partial charge >= 0.3 is 0 Å². The summed E-state index contributed by atoms with van der Waals surface area (Å²) in [7, 11) is 0. The summed E-state index contributed by atoms with van der Waals surface area (Å²) >= 11 is 0. The van der Waals surface area contributed by atoms with Crippen LogP contribution in [0.3, 0.4) is 0 Å². The molecule has 1 aromatic rings. The van der Waals surface area contributed by atoms with Gasteiger partial charge in [0, 0.05) is 25.5 Å². The van der Waals surface area contributed by atoms with E-state index in [1.54, 1.807) is 0 Å². The first-order valence-corrected chi connectivity index (χ1v) is 6.72. The second-order valence-electron chi connectivity index (χ2n) is 4.80. The second-order valence-corrected chi connectivity index (χ2v) is 4.80. The fraction of sp³-hybridized carbons (Fsp3) is 0.667. The van der Waals surface area contributed by atoms with E-state index in [0.29, 0.717) is 6.04 Å². The van der Waals surface area contributed by atoms with E-state index in [2.05, 4.69) is 49.7 Å². The van der Waals surface area contributed by atoms with Crippen molar-refractivity contribution in [1.82, 2.24) is 0 Å². The second kappa shape index (κ2) is 7.43. The number of aryl methyl sites for hydroxylation is 1. The van der Waals surface area contributed by atoms with Crippen molar-refractivity contribution < 1.29 is 4.57 Å². The van der Waals surface area contributed by atoms with Crippen LogP contribution in [0.25, 0.3) is 0 Å². The summed E-state index contributed by atoms with van der Waals surface area (Å²) in [4.78, 5) is 0. The van der Waals surface area contributed by atoms with Crippen molar-refractivity contribution in [1.29, 1.82) is 0 Å². The SMILES string of the molecule is CCCCCCCC(C)[n+]1ccccc1C. The third-order valence-corrected chi connectivity index (χ3v) is 3.30. The Labute approximate surface area is 101 Å². The minimum Gasteiger partial charge on any atom is -0.200 e. The zero-order valence-corrected chi connectivity index (χ0v) is 11.1. The number of aromatic nitrogens is 1. The number of unbranched alkanes of at least 4 members (excludes halogenated alkanes) is 4. The summed E-state index contributed by atoms with van der Waals surface area (Å²) in [5.74, 6) is 0. The fourth-order valence-corrected chi connectivity index (χ4v) is 2.22. The summed E-state index contributed by atoms with van der Waals surface area (Å²) in [6.45, 7) is 6.78. The Morgan fingerprint density at radius 2 is 1.88 bits per heavy atom. The number of rotatable bonds is 7. The first kappa shape index (κ1) is 13.2. The molecule has 0 radical (unpaired) electrons. The van der Waals surface area contributed by atoms with Crippen molar-refractivity contribution in [3.63, 3.8) is 0 Å². The van der Waals surface area contributed by atoms with Crippen molar-refractivity contribution in [2.24, 2.45) is 0 Å². The van der Waals surface area contributed by atoms with Crippen LogP contribution in [-0.2, 0) is 0 Å². The van der Waals surface area contributed by atoms with Crippen LogP contribution in [0.5, 0.6) is 0 Å². The zero-order valence-electron chi connectivity index (χ0n) is 11.1. The zero-order chi connectivity index (χ0) is 11.8. The maximum atomic E-state index is 2.39. The van der Waals surface area contributed by atoms with Gasteiger partial charge in [-0.15, -0.1) is 0 Å². The third kappa shape index (κ3) is 4.34. The van der Waals surface area contributed by atoms with Crippen LogP contribution in [0.15, 0.2) is 24.4 Å². The third-order valence-electron chi connectivity index (χ3n) is 3.30. The van der Waals surface area contributed by atoms with Gasteiger partial charge in [-0.1, -0.05) is 38.7 Å². The van der Waals surface area contributed by atoms with E-state index in [4.69, 9.17) is 0 Å². The molecule has 1 aromatic heterocycles. The summed E-state index contributed by atoms with van der Waals surface area (Å²) < 4.78 is 2.39. The Balaban J connectivity index is 2.30. The number of pyridine rings is 1. The van der Waals surface area contributed by atoms with Crippen LogP contribution in [-0.4, -0.2) is 0 Å². The molecule has 1 heteroatoms. The van der Waals surface area contributed by atoms with E-state index in [9.17, 15) is 0 Å². The fourth-order valence-electron chi connectivity index (χ4n) is 2.22. The first-order valence-electron chi connectivity index (χ1n) is 6.72. The molecule has 0 spiro atoms. The van der Waals surface area contributed by atoms with Gasteiger partial charge in [-0.25, -0.2) is 4.57 Å². The largest absolute Gasteiger partial charge is 0.200 e. The summed E-state index contributed by atoms with van der Waals surface area (Å²) in [5, 5.41) is 0. The predicted molar refractivity (Wildman–Crippen MR) is 69.5 cm³/mol. The van der Waals surface area contributed by atoms with Crippen molar-refractivity contribution in [2.45, 2.75) is 65.3 Å². The predicted octanol–water partition coefficient (Wildman–Crippen LogP) is 4.20. The van der Waals surface area contributed by atoms with Gasteiger partial charge in [-0.05, 0) is 13.3 Å². The van der Waals surface area contributed by atoms with Gasteiger partial charge in [0.15, 0.2) is 17.9 Å². The van der Waals surface area contributed by atoms with E-state index in [1.165, 1.54) is 44.2 Å². The molecular weight excluding hydrogens is 194 g/mol. The van der Waals surface area contributed by atoms with Gasteiger partial charge in [0.2, 0.25) is 0 Å². The Morgan fingerprint density at radius 1 is 1.12 bits per heavy atom. The molecule has 0 aliphatic heterocycles. The van der Waals surface area contributed by atoms with E-state index < -0.39 is 0 Å². The maximum absolute atomic E-state index is 2.39. The lowest BCUT2D eigenvalue weighted by Crippen LogP contribution is -2.40. The lowest BCUT2D eigenvalue weighted by atomic mass is 10.1. The Bertz CT molecular complexity index is 293. The quantitative estimate of drug-likeness (QED) is 0.479. The average Bonchev–Trinajstić information content (AvgIpc) is 2.29. The molecule has 1 atom stereocenters. The van der Waals surface area contributed by atoms with Crippen LogP contribution in [0.4, 0.5) is 0 Å². The van der Waals surface area contributed by atoms with Crippen LogP contribution >= 0.6 is 0 Å². The topological polar surface area (TPSA) is 3.88 Å². The molecule has 0 saturated heterocycles. The molecule has 0 saturated carbocycles. The molecule has 0 aliphatic rings. The van der Waals surface area contributed by atoms with Crippen molar-refractivity contribution >= 4 is 0 Å². The first-order chi connectivity index (χ1) is 7.75. The van der Waals surface area contributed by atoms with Crippen molar-refractivity contribution in [3.8, 4) is 0 Å². The van der Waals surface area contributed by atoms with Crippen LogP contribution in [0, 0.1) is 6.92 Å². The van der Waals surface area contributed by atoms with E-state index >= 15 is 0 Å². The highest BCUT2D eigenvalue weighted by Crippen LogP contribution is 2.11. The minimum absolute atomic E-state index is 0.642. The van der Waals surface area contributed by atoms with Gasteiger partial charge in [-0.2, -0.15) is 0 Å². The lowest BCUT2D eigenvalue weighted by Gasteiger charge is -2.08. The van der Waals surface area contributed by atoms with Crippen LogP contribution in [0.1, 0.15) is 64.1 Å². The number of nitrogens with zero attached hydrogens (tertiary/aromatic N) is 1. The summed E-state index contributed by atoms with van der Waals surface area (Å²) in [6.07, 6.45) is 10.4. The highest BCUT2D eigenvalue weighted by atomic mass is 15.0. The average molecular weight is 220 g/mol. The van der Waals surface area contributed by atoms with Gasteiger partial charge in [0.1, 0.15) is 0 Å². The van der Waals surface area contributed by atoms with E-state index in [1.807, 2.05) is 0 Å². The maximum Gasteiger partial charge on any atom is 0.178 e. The van der Waals surface area contributed by atoms with Crippen LogP contribution < -0.4 is 4.57 Å². The summed E-state index contributed by atoms with van der Waals surface area (Å²) in [5.41, 5.74) is 1.36. The number of hydrogen-bond donors (Lipinski definition) is 0. The smallest absolute Gasteiger partial charge is 0.178 e. The number of hydrogen-bond acceptors (Lipinski definition) is 0. The van der Waals surface area contributed by atoms with Crippen LogP contribution in [0.2, 0.25) is 0 Å². The molecular formula is C15H26N+. The highest BCUT2D eigenvalue weighted by Gasteiger charge is 2.13. The normalized spacial score (nSPS) is 12.7. The molecule has 16 heavy (non-hydrogen) atoms. The van der Waals surface area contributed by atoms with Gasteiger partial charge in [0.25, 0.3) is 0 Å². The summed E-state index contributed by atoms with van der Waals surface area (Å²) in [6, 6.07) is 7.07. The van der Waals surface area contributed by atoms with Crippen molar-refractivity contribution in [2.75, 3.05) is 0 Å².